The van der Waals surface area contributed by atoms with E-state index in [4.69, 9.17) is 5.73 Å². The summed E-state index contributed by atoms with van der Waals surface area (Å²) >= 11 is 0. The number of nitrogens with two attached hydrogens (primary N) is 1. The molecule has 3 heteroatoms. The Kier molecular flexibility index (Phi) is 4.03. The van der Waals surface area contributed by atoms with Crippen molar-refractivity contribution in [3.05, 3.63) is 59.4 Å². The minimum absolute atomic E-state index is 0.00949. The Bertz CT molecular complexity index is 575. The summed E-state index contributed by atoms with van der Waals surface area (Å²) in [5.41, 5.74) is 9.29. The lowest BCUT2D eigenvalue weighted by Crippen LogP contribution is -2.32. The fourth-order valence-corrected chi connectivity index (χ4v) is 2.33. The minimum Gasteiger partial charge on any atom is -0.330 e. The molecular weight excluding hydrogens is 234 g/mol. The number of nitriles is 1. The second kappa shape index (κ2) is 5.73. The van der Waals surface area contributed by atoms with Gasteiger partial charge in [-0.1, -0.05) is 36.8 Å². The SMILES string of the molecule is CCC(N)C(c1ccc(C)cc1)n1cccc1C#N. The van der Waals surface area contributed by atoms with Crippen molar-refractivity contribution in [2.45, 2.75) is 32.4 Å². The van der Waals surface area contributed by atoms with Gasteiger partial charge in [-0.05, 0) is 31.0 Å². The van der Waals surface area contributed by atoms with Gasteiger partial charge in [0.1, 0.15) is 11.8 Å². The maximum absolute atomic E-state index is 9.19. The van der Waals surface area contributed by atoms with Crippen molar-refractivity contribution >= 4 is 0 Å². The summed E-state index contributed by atoms with van der Waals surface area (Å²) in [6.07, 6.45) is 2.79. The summed E-state index contributed by atoms with van der Waals surface area (Å²) in [4.78, 5) is 0. The van der Waals surface area contributed by atoms with Gasteiger partial charge >= 0.3 is 0 Å². The second-order valence-corrected chi connectivity index (χ2v) is 4.84. The maximum Gasteiger partial charge on any atom is 0.120 e. The average molecular weight is 253 g/mol. The van der Waals surface area contributed by atoms with Crippen molar-refractivity contribution in [2.75, 3.05) is 0 Å². The van der Waals surface area contributed by atoms with Crippen LogP contribution in [0.5, 0.6) is 0 Å². The van der Waals surface area contributed by atoms with Gasteiger partial charge in [0.25, 0.3) is 0 Å². The lowest BCUT2D eigenvalue weighted by atomic mass is 9.96. The largest absolute Gasteiger partial charge is 0.330 e. The molecule has 98 valence electrons. The molecule has 1 aromatic carbocycles. The zero-order chi connectivity index (χ0) is 13.8. The monoisotopic (exact) mass is 253 g/mol. The molecule has 2 N–H and O–H groups in total. The second-order valence-electron chi connectivity index (χ2n) is 4.84. The van der Waals surface area contributed by atoms with Gasteiger partial charge in [-0.3, -0.25) is 0 Å². The summed E-state index contributed by atoms with van der Waals surface area (Å²) in [5.74, 6) is 0. The van der Waals surface area contributed by atoms with Gasteiger partial charge in [0.2, 0.25) is 0 Å². The normalized spacial score (nSPS) is 13.8. The zero-order valence-corrected chi connectivity index (χ0v) is 11.4. The molecule has 0 bridgehead atoms. The van der Waals surface area contributed by atoms with E-state index >= 15 is 0 Å². The average Bonchev–Trinajstić information content (AvgIpc) is 2.89. The number of rotatable bonds is 4. The Balaban J connectivity index is 2.48. The Morgan fingerprint density at radius 3 is 2.53 bits per heavy atom. The molecule has 1 aromatic heterocycles. The number of aromatic nitrogens is 1. The molecule has 19 heavy (non-hydrogen) atoms. The fraction of sp³-hybridized carbons (Fsp3) is 0.312. The highest BCUT2D eigenvalue weighted by Gasteiger charge is 2.21. The van der Waals surface area contributed by atoms with Gasteiger partial charge in [-0.2, -0.15) is 5.26 Å². The molecule has 0 aliphatic heterocycles. The van der Waals surface area contributed by atoms with E-state index in [9.17, 15) is 5.26 Å². The van der Waals surface area contributed by atoms with Gasteiger partial charge in [-0.15, -0.1) is 0 Å². The van der Waals surface area contributed by atoms with Crippen LogP contribution in [0.2, 0.25) is 0 Å². The third-order valence-electron chi connectivity index (χ3n) is 3.49. The van der Waals surface area contributed by atoms with Gasteiger partial charge in [0.05, 0.1) is 6.04 Å². The molecule has 0 fully saturated rings. The van der Waals surface area contributed by atoms with E-state index in [1.807, 2.05) is 22.9 Å². The number of hydrogen-bond donors (Lipinski definition) is 1. The number of aryl methyl sites for hydroxylation is 1. The Morgan fingerprint density at radius 2 is 1.95 bits per heavy atom. The van der Waals surface area contributed by atoms with Crippen LogP contribution in [0.3, 0.4) is 0 Å². The topological polar surface area (TPSA) is 54.7 Å². The van der Waals surface area contributed by atoms with E-state index in [1.165, 1.54) is 5.56 Å². The van der Waals surface area contributed by atoms with Crippen molar-refractivity contribution in [1.29, 1.82) is 5.26 Å². The molecule has 2 aromatic rings. The molecule has 2 atom stereocenters. The fourth-order valence-electron chi connectivity index (χ4n) is 2.33. The van der Waals surface area contributed by atoms with E-state index in [-0.39, 0.29) is 12.1 Å². The van der Waals surface area contributed by atoms with Crippen LogP contribution < -0.4 is 5.73 Å². The van der Waals surface area contributed by atoms with Gasteiger partial charge in [-0.25, -0.2) is 0 Å². The van der Waals surface area contributed by atoms with Crippen LogP contribution in [0, 0.1) is 18.3 Å². The molecule has 0 amide bonds. The summed E-state index contributed by atoms with van der Waals surface area (Å²) in [6.45, 7) is 4.14. The van der Waals surface area contributed by atoms with E-state index in [0.29, 0.717) is 5.69 Å². The van der Waals surface area contributed by atoms with Gasteiger partial charge in [0.15, 0.2) is 0 Å². The zero-order valence-electron chi connectivity index (χ0n) is 11.4. The molecule has 1 heterocycles. The Morgan fingerprint density at radius 1 is 1.26 bits per heavy atom. The van der Waals surface area contributed by atoms with Crippen LogP contribution in [-0.4, -0.2) is 10.6 Å². The molecule has 0 saturated carbocycles. The molecule has 2 rings (SSSR count). The summed E-state index contributed by atoms with van der Waals surface area (Å²) in [7, 11) is 0. The van der Waals surface area contributed by atoms with E-state index in [2.05, 4.69) is 44.2 Å². The standard InChI is InChI=1S/C16H19N3/c1-3-15(18)16(13-8-6-12(2)7-9-13)19-10-4-5-14(19)11-17/h4-10,15-16H,3,18H2,1-2H3. The van der Waals surface area contributed by atoms with Crippen molar-refractivity contribution in [3.63, 3.8) is 0 Å². The smallest absolute Gasteiger partial charge is 0.120 e. The van der Waals surface area contributed by atoms with Crippen LogP contribution in [-0.2, 0) is 0 Å². The van der Waals surface area contributed by atoms with Crippen LogP contribution >= 0.6 is 0 Å². The summed E-state index contributed by atoms with van der Waals surface area (Å²) in [6, 6.07) is 14.3. The number of benzene rings is 1. The summed E-state index contributed by atoms with van der Waals surface area (Å²) in [5, 5.41) is 9.19. The lowest BCUT2D eigenvalue weighted by Gasteiger charge is -2.26. The quantitative estimate of drug-likeness (QED) is 0.910. The third kappa shape index (κ3) is 2.69. The number of hydrogen-bond acceptors (Lipinski definition) is 2. The molecule has 3 nitrogen and oxygen atoms in total. The molecule has 2 unspecified atom stereocenters. The Labute approximate surface area is 114 Å². The summed E-state index contributed by atoms with van der Waals surface area (Å²) < 4.78 is 1.97. The third-order valence-corrected chi connectivity index (χ3v) is 3.49. The van der Waals surface area contributed by atoms with Crippen LogP contribution in [0.1, 0.15) is 36.2 Å². The first-order valence-electron chi connectivity index (χ1n) is 6.56. The number of nitrogens with zero attached hydrogens (tertiary/aromatic N) is 2. The van der Waals surface area contributed by atoms with Crippen molar-refractivity contribution < 1.29 is 0 Å². The lowest BCUT2D eigenvalue weighted by molar-refractivity contribution is 0.457. The molecule has 0 saturated heterocycles. The van der Waals surface area contributed by atoms with Crippen LogP contribution in [0.15, 0.2) is 42.6 Å². The first-order chi connectivity index (χ1) is 9.17. The minimum atomic E-state index is -0.0118. The Hall–Kier alpha value is -2.05. The first-order valence-corrected chi connectivity index (χ1v) is 6.56. The molecular formula is C16H19N3. The highest BCUT2D eigenvalue weighted by molar-refractivity contribution is 5.30. The van der Waals surface area contributed by atoms with Crippen molar-refractivity contribution in [1.82, 2.24) is 4.57 Å². The predicted molar refractivity (Wildman–Crippen MR) is 76.7 cm³/mol. The van der Waals surface area contributed by atoms with Crippen molar-refractivity contribution in [2.24, 2.45) is 5.73 Å². The van der Waals surface area contributed by atoms with E-state index in [1.54, 1.807) is 0 Å². The van der Waals surface area contributed by atoms with Crippen molar-refractivity contribution in [3.8, 4) is 6.07 Å². The van der Waals surface area contributed by atoms with Crippen LogP contribution in [0.25, 0.3) is 0 Å². The molecule has 0 aliphatic carbocycles. The molecule has 0 spiro atoms. The van der Waals surface area contributed by atoms with E-state index < -0.39 is 0 Å². The molecule has 0 aliphatic rings. The van der Waals surface area contributed by atoms with Gasteiger partial charge in [0, 0.05) is 12.2 Å². The van der Waals surface area contributed by atoms with E-state index in [0.717, 1.165) is 12.0 Å². The van der Waals surface area contributed by atoms with Crippen LogP contribution in [0.4, 0.5) is 0 Å². The first kappa shape index (κ1) is 13.4. The maximum atomic E-state index is 9.19. The van der Waals surface area contributed by atoms with Gasteiger partial charge < -0.3 is 10.3 Å². The molecule has 0 radical (unpaired) electrons. The highest BCUT2D eigenvalue weighted by Crippen LogP contribution is 2.25. The highest BCUT2D eigenvalue weighted by atomic mass is 15.0. The predicted octanol–water partition coefficient (Wildman–Crippen LogP) is 2.99.